The number of rotatable bonds is 7. The van der Waals surface area contributed by atoms with Crippen LogP contribution < -0.4 is 0 Å². The van der Waals surface area contributed by atoms with E-state index in [1.165, 1.54) is 11.1 Å². The molecule has 1 fully saturated rings. The number of aryl methyl sites for hydroxylation is 1. The molecule has 3 aromatic rings. The highest BCUT2D eigenvalue weighted by Gasteiger charge is 2.47. The van der Waals surface area contributed by atoms with Crippen molar-refractivity contribution in [2.24, 2.45) is 0 Å². The summed E-state index contributed by atoms with van der Waals surface area (Å²) in [5.74, 6) is -0.490. The molecule has 8 nitrogen and oxygen atoms in total. The van der Waals surface area contributed by atoms with Gasteiger partial charge in [-0.25, -0.2) is 4.68 Å². The summed E-state index contributed by atoms with van der Waals surface area (Å²) in [7, 11) is 3.91. The minimum absolute atomic E-state index is 0.0231. The first-order valence-corrected chi connectivity index (χ1v) is 10.9. The Morgan fingerprint density at radius 2 is 1.85 bits per heavy atom. The molecule has 0 aliphatic carbocycles. The topological polar surface area (TPSA) is 91.8 Å². The van der Waals surface area contributed by atoms with Gasteiger partial charge in [0.05, 0.1) is 28.7 Å². The Morgan fingerprint density at radius 1 is 1.12 bits per heavy atom. The molecule has 172 valence electrons. The van der Waals surface area contributed by atoms with Gasteiger partial charge in [0.25, 0.3) is 11.7 Å². The van der Waals surface area contributed by atoms with E-state index in [0.717, 1.165) is 12.2 Å². The molecule has 1 saturated heterocycles. The summed E-state index contributed by atoms with van der Waals surface area (Å²) in [6.07, 6.45) is 2.20. The van der Waals surface area contributed by atoms with Crippen LogP contribution in [-0.4, -0.2) is 63.6 Å². The summed E-state index contributed by atoms with van der Waals surface area (Å²) in [5.41, 5.74) is 1.91. The molecular formula is C25H28N4O4. The van der Waals surface area contributed by atoms with Crippen LogP contribution in [0.5, 0.6) is 0 Å². The molecule has 1 amide bonds. The Labute approximate surface area is 192 Å². The molecular weight excluding hydrogens is 420 g/mol. The summed E-state index contributed by atoms with van der Waals surface area (Å²) >= 11 is 0. The number of hydrogen-bond acceptors (Lipinski definition) is 6. The number of aliphatic hydroxyl groups is 1. The third kappa shape index (κ3) is 4.21. The first-order valence-electron chi connectivity index (χ1n) is 10.9. The normalized spacial score (nSPS) is 18.0. The Balaban J connectivity index is 1.79. The number of furan rings is 1. The van der Waals surface area contributed by atoms with E-state index >= 15 is 0 Å². The SMILES string of the molecule is Cc1ccc([C@H]2C(=C(O)c3cnn(-c4ccccc4)c3C)C(=O)C(=O)N2CCCN(C)C)o1. The van der Waals surface area contributed by atoms with Gasteiger partial charge in [-0.1, -0.05) is 18.2 Å². The summed E-state index contributed by atoms with van der Waals surface area (Å²) in [6, 6.07) is 12.3. The fraction of sp³-hybridized carbons (Fsp3) is 0.320. The molecule has 1 aliphatic rings. The molecule has 33 heavy (non-hydrogen) atoms. The predicted octanol–water partition coefficient (Wildman–Crippen LogP) is 3.46. The summed E-state index contributed by atoms with van der Waals surface area (Å²) in [5, 5.41) is 15.7. The number of likely N-dealkylation sites (tertiary alicyclic amines) is 1. The van der Waals surface area contributed by atoms with Gasteiger partial charge in [0.1, 0.15) is 23.3 Å². The van der Waals surface area contributed by atoms with E-state index in [0.29, 0.717) is 35.7 Å². The second kappa shape index (κ2) is 9.07. The van der Waals surface area contributed by atoms with Crippen LogP contribution in [0.2, 0.25) is 0 Å². The van der Waals surface area contributed by atoms with E-state index in [4.69, 9.17) is 4.42 Å². The number of benzene rings is 1. The number of para-hydroxylation sites is 1. The molecule has 4 rings (SSSR count). The largest absolute Gasteiger partial charge is 0.507 e. The van der Waals surface area contributed by atoms with Gasteiger partial charge in [-0.3, -0.25) is 9.59 Å². The van der Waals surface area contributed by atoms with Crippen molar-refractivity contribution in [3.05, 3.63) is 77.0 Å². The lowest BCUT2D eigenvalue weighted by atomic mass is 9.99. The molecule has 1 N–H and O–H groups in total. The fourth-order valence-electron chi connectivity index (χ4n) is 4.18. The number of aromatic nitrogens is 2. The molecule has 0 spiro atoms. The van der Waals surface area contributed by atoms with Gasteiger partial charge >= 0.3 is 0 Å². The third-order valence-electron chi connectivity index (χ3n) is 5.84. The summed E-state index contributed by atoms with van der Waals surface area (Å²) < 4.78 is 7.51. The maximum Gasteiger partial charge on any atom is 0.295 e. The van der Waals surface area contributed by atoms with Gasteiger partial charge in [-0.15, -0.1) is 0 Å². The van der Waals surface area contributed by atoms with Gasteiger partial charge in [-0.05, 0) is 65.2 Å². The zero-order chi connectivity index (χ0) is 23.7. The van der Waals surface area contributed by atoms with Gasteiger partial charge in [-0.2, -0.15) is 5.10 Å². The van der Waals surface area contributed by atoms with E-state index in [9.17, 15) is 14.7 Å². The van der Waals surface area contributed by atoms with E-state index in [-0.39, 0.29) is 11.3 Å². The van der Waals surface area contributed by atoms with Crippen LogP contribution in [-0.2, 0) is 9.59 Å². The van der Waals surface area contributed by atoms with E-state index in [2.05, 4.69) is 5.10 Å². The molecule has 0 bridgehead atoms. The standard InChI is InChI=1S/C25H28N4O4/c1-16-11-12-20(33-16)22-21(24(31)25(32)28(22)14-8-13-27(3)4)23(30)19-15-26-29(17(19)2)18-9-6-5-7-10-18/h5-7,9-12,15,22,30H,8,13-14H2,1-4H3/t22-/m0/s1. The van der Waals surface area contributed by atoms with Crippen LogP contribution in [0.1, 0.15) is 35.2 Å². The molecule has 0 saturated carbocycles. The number of hydrogen-bond donors (Lipinski definition) is 1. The Bertz CT molecular complexity index is 1210. The lowest BCUT2D eigenvalue weighted by Crippen LogP contribution is -2.32. The molecule has 1 aromatic carbocycles. The highest BCUT2D eigenvalue weighted by atomic mass is 16.3. The highest BCUT2D eigenvalue weighted by Crippen LogP contribution is 2.40. The molecule has 1 atom stereocenters. The van der Waals surface area contributed by atoms with Crippen molar-refractivity contribution >= 4 is 17.4 Å². The second-order valence-corrected chi connectivity index (χ2v) is 8.49. The van der Waals surface area contributed by atoms with Crippen LogP contribution >= 0.6 is 0 Å². The average Bonchev–Trinajstić information content (AvgIpc) is 3.46. The molecule has 1 aliphatic heterocycles. The lowest BCUT2D eigenvalue weighted by Gasteiger charge is -2.24. The predicted molar refractivity (Wildman–Crippen MR) is 124 cm³/mol. The first-order chi connectivity index (χ1) is 15.8. The number of carbonyl (C=O) groups excluding carboxylic acids is 2. The molecule has 8 heteroatoms. The van der Waals surface area contributed by atoms with E-state index in [1.54, 1.807) is 23.7 Å². The number of Topliss-reactive ketones (excluding diaryl/α,β-unsaturated/α-hetero) is 1. The fourth-order valence-corrected chi connectivity index (χ4v) is 4.18. The molecule has 2 aromatic heterocycles. The first kappa shape index (κ1) is 22.5. The second-order valence-electron chi connectivity index (χ2n) is 8.49. The van der Waals surface area contributed by atoms with Crippen molar-refractivity contribution in [3.63, 3.8) is 0 Å². The number of carbonyl (C=O) groups is 2. The van der Waals surface area contributed by atoms with Gasteiger partial charge in [0.15, 0.2) is 0 Å². The molecule has 3 heterocycles. The van der Waals surface area contributed by atoms with E-state index in [1.807, 2.05) is 56.3 Å². The molecule has 0 unspecified atom stereocenters. The highest BCUT2D eigenvalue weighted by molar-refractivity contribution is 6.46. The Kier molecular flexibility index (Phi) is 6.20. The number of amides is 1. The van der Waals surface area contributed by atoms with Gasteiger partial charge < -0.3 is 19.3 Å². The van der Waals surface area contributed by atoms with Crippen molar-refractivity contribution in [3.8, 4) is 5.69 Å². The maximum absolute atomic E-state index is 13.1. The smallest absolute Gasteiger partial charge is 0.295 e. The van der Waals surface area contributed by atoms with Crippen molar-refractivity contribution in [2.75, 3.05) is 27.2 Å². The van der Waals surface area contributed by atoms with Crippen molar-refractivity contribution in [1.82, 2.24) is 19.6 Å². The van der Waals surface area contributed by atoms with Crippen molar-refractivity contribution in [1.29, 1.82) is 0 Å². The van der Waals surface area contributed by atoms with Crippen LogP contribution in [0.3, 0.4) is 0 Å². The third-order valence-corrected chi connectivity index (χ3v) is 5.84. The van der Waals surface area contributed by atoms with Crippen LogP contribution in [0, 0.1) is 13.8 Å². The minimum atomic E-state index is -0.791. The molecule has 0 radical (unpaired) electrons. The Morgan fingerprint density at radius 3 is 2.48 bits per heavy atom. The van der Waals surface area contributed by atoms with Crippen LogP contribution in [0.25, 0.3) is 11.4 Å². The van der Waals surface area contributed by atoms with Crippen LogP contribution in [0.4, 0.5) is 0 Å². The summed E-state index contributed by atoms with van der Waals surface area (Å²) in [4.78, 5) is 29.6. The van der Waals surface area contributed by atoms with Gasteiger partial charge in [0, 0.05) is 6.54 Å². The summed E-state index contributed by atoms with van der Waals surface area (Å²) in [6.45, 7) is 4.74. The van der Waals surface area contributed by atoms with Crippen molar-refractivity contribution < 1.29 is 19.1 Å². The minimum Gasteiger partial charge on any atom is -0.507 e. The zero-order valence-electron chi connectivity index (χ0n) is 19.3. The number of aliphatic hydroxyl groups excluding tert-OH is 1. The monoisotopic (exact) mass is 448 g/mol. The van der Waals surface area contributed by atoms with E-state index < -0.39 is 17.7 Å². The van der Waals surface area contributed by atoms with Crippen molar-refractivity contribution in [2.45, 2.75) is 26.3 Å². The quantitative estimate of drug-likeness (QED) is 0.338. The lowest BCUT2D eigenvalue weighted by molar-refractivity contribution is -0.140. The van der Waals surface area contributed by atoms with Gasteiger partial charge in [0.2, 0.25) is 0 Å². The Hall–Kier alpha value is -3.65. The average molecular weight is 449 g/mol. The number of nitrogens with zero attached hydrogens (tertiary/aromatic N) is 4. The maximum atomic E-state index is 13.1. The number of ketones is 1. The zero-order valence-corrected chi connectivity index (χ0v) is 19.3. The van der Waals surface area contributed by atoms with Crippen LogP contribution in [0.15, 0.2) is 58.7 Å².